The summed E-state index contributed by atoms with van der Waals surface area (Å²) in [5.41, 5.74) is 0.0212. The van der Waals surface area contributed by atoms with Crippen molar-refractivity contribution in [3.8, 4) is 0 Å². The van der Waals surface area contributed by atoms with E-state index in [4.69, 9.17) is 0 Å². The summed E-state index contributed by atoms with van der Waals surface area (Å²) in [5.74, 6) is -2.42. The van der Waals surface area contributed by atoms with E-state index in [2.05, 4.69) is 11.9 Å². The Labute approximate surface area is 128 Å². The maximum Gasteiger partial charge on any atom is 0.232 e. The second-order valence-electron chi connectivity index (χ2n) is 4.63. The lowest BCUT2D eigenvalue weighted by Crippen LogP contribution is -2.32. The highest BCUT2D eigenvalue weighted by molar-refractivity contribution is 7.92. The monoisotopic (exact) mass is 332 g/mol. The summed E-state index contributed by atoms with van der Waals surface area (Å²) in [7, 11) is -3.67. The maximum atomic E-state index is 13.2. The average Bonchev–Trinajstić information content (AvgIpc) is 2.43. The Balaban J connectivity index is 2.76. The van der Waals surface area contributed by atoms with Gasteiger partial charge in [-0.05, 0) is 18.6 Å². The third-order valence-electron chi connectivity index (χ3n) is 2.80. The Kier molecular flexibility index (Phi) is 6.48. The average molecular weight is 332 g/mol. The Morgan fingerprint density at radius 2 is 2.05 bits per heavy atom. The molecule has 0 unspecified atom stereocenters. The molecule has 1 N–H and O–H groups in total. The predicted molar refractivity (Wildman–Crippen MR) is 81.0 cm³/mol. The van der Waals surface area contributed by atoms with Crippen molar-refractivity contribution in [2.24, 2.45) is 0 Å². The van der Waals surface area contributed by atoms with Crippen LogP contribution in [0.15, 0.2) is 30.9 Å². The Morgan fingerprint density at radius 3 is 2.59 bits per heavy atom. The van der Waals surface area contributed by atoms with Crippen molar-refractivity contribution in [3.05, 3.63) is 42.5 Å². The third-order valence-corrected chi connectivity index (χ3v) is 3.99. The van der Waals surface area contributed by atoms with Gasteiger partial charge in [-0.3, -0.25) is 9.10 Å². The van der Waals surface area contributed by atoms with E-state index in [1.807, 2.05) is 0 Å². The van der Waals surface area contributed by atoms with Gasteiger partial charge in [0.2, 0.25) is 15.9 Å². The van der Waals surface area contributed by atoms with Gasteiger partial charge < -0.3 is 5.32 Å². The van der Waals surface area contributed by atoms with Crippen LogP contribution in [0.25, 0.3) is 0 Å². The number of carbonyl (C=O) groups excluding carboxylic acids is 1. The van der Waals surface area contributed by atoms with Gasteiger partial charge in [0.05, 0.1) is 11.9 Å². The number of rotatable bonds is 8. The molecule has 1 aromatic rings. The molecule has 22 heavy (non-hydrogen) atoms. The number of sulfonamides is 1. The molecule has 0 saturated carbocycles. The van der Waals surface area contributed by atoms with Crippen molar-refractivity contribution in [2.75, 3.05) is 23.7 Å². The zero-order valence-corrected chi connectivity index (χ0v) is 13.0. The van der Waals surface area contributed by atoms with Crippen molar-refractivity contribution in [3.63, 3.8) is 0 Å². The molecule has 0 aliphatic rings. The summed E-state index contributed by atoms with van der Waals surface area (Å²) < 4.78 is 50.7. The molecule has 0 atom stereocenters. The number of halogens is 2. The number of hydrogen-bond donors (Lipinski definition) is 1. The molecule has 0 aromatic heterocycles. The molecule has 0 fully saturated rings. The summed E-state index contributed by atoms with van der Waals surface area (Å²) >= 11 is 0. The van der Waals surface area contributed by atoms with Gasteiger partial charge in [-0.15, -0.1) is 6.58 Å². The van der Waals surface area contributed by atoms with E-state index in [1.165, 1.54) is 12.1 Å². The molecule has 0 aliphatic carbocycles. The zero-order chi connectivity index (χ0) is 16.8. The van der Waals surface area contributed by atoms with Crippen molar-refractivity contribution in [1.29, 1.82) is 0 Å². The Hall–Kier alpha value is -1.96. The quantitative estimate of drug-likeness (QED) is 0.739. The van der Waals surface area contributed by atoms with Crippen LogP contribution in [0.5, 0.6) is 0 Å². The molecule has 1 amide bonds. The van der Waals surface area contributed by atoms with Crippen LogP contribution in [0.2, 0.25) is 0 Å². The summed E-state index contributed by atoms with van der Waals surface area (Å²) in [6.45, 7) is 3.78. The standard InChI is InChI=1S/C14H18F2N2O3S/c1-3-8-17-14(19)5-4-9-18(22(2,20)21)11-6-7-12(15)13(16)10-11/h3,6-7,10H,1,4-5,8-9H2,2H3,(H,17,19). The highest BCUT2D eigenvalue weighted by Gasteiger charge is 2.19. The lowest BCUT2D eigenvalue weighted by molar-refractivity contribution is -0.120. The molecule has 0 spiro atoms. The number of nitrogens with zero attached hydrogens (tertiary/aromatic N) is 1. The fourth-order valence-electron chi connectivity index (χ4n) is 1.78. The zero-order valence-electron chi connectivity index (χ0n) is 12.2. The first-order valence-electron chi connectivity index (χ1n) is 6.56. The molecular formula is C14H18F2N2O3S. The van der Waals surface area contributed by atoms with E-state index in [-0.39, 0.29) is 31.0 Å². The second-order valence-corrected chi connectivity index (χ2v) is 6.54. The normalized spacial score (nSPS) is 11.0. The highest BCUT2D eigenvalue weighted by atomic mass is 32.2. The number of anilines is 1. The fraction of sp³-hybridized carbons (Fsp3) is 0.357. The Bertz CT molecular complexity index is 647. The van der Waals surface area contributed by atoms with Gasteiger partial charge in [0.25, 0.3) is 0 Å². The minimum atomic E-state index is -3.67. The number of carbonyl (C=O) groups is 1. The SMILES string of the molecule is C=CCNC(=O)CCCN(c1ccc(F)c(F)c1)S(C)(=O)=O. The van der Waals surface area contributed by atoms with Crippen LogP contribution in [0.3, 0.4) is 0 Å². The van der Waals surface area contributed by atoms with Crippen molar-refractivity contribution < 1.29 is 22.0 Å². The third kappa shape index (κ3) is 5.44. The van der Waals surface area contributed by atoms with Gasteiger partial charge in [0.15, 0.2) is 11.6 Å². The minimum Gasteiger partial charge on any atom is -0.353 e. The van der Waals surface area contributed by atoms with Crippen molar-refractivity contribution >= 4 is 21.6 Å². The molecule has 5 nitrogen and oxygen atoms in total. The van der Waals surface area contributed by atoms with E-state index in [0.29, 0.717) is 6.54 Å². The van der Waals surface area contributed by atoms with E-state index in [0.717, 1.165) is 22.7 Å². The lowest BCUT2D eigenvalue weighted by Gasteiger charge is -2.22. The number of amides is 1. The maximum absolute atomic E-state index is 13.2. The first-order chi connectivity index (χ1) is 10.3. The molecule has 0 bridgehead atoms. The summed E-state index contributed by atoms with van der Waals surface area (Å²) in [6.07, 6.45) is 2.85. The van der Waals surface area contributed by atoms with Crippen LogP contribution >= 0.6 is 0 Å². The molecule has 0 aliphatic heterocycles. The van der Waals surface area contributed by atoms with Gasteiger partial charge >= 0.3 is 0 Å². The molecule has 0 heterocycles. The van der Waals surface area contributed by atoms with Crippen LogP contribution in [-0.4, -0.2) is 33.7 Å². The number of benzene rings is 1. The first-order valence-corrected chi connectivity index (χ1v) is 8.41. The van der Waals surface area contributed by atoms with E-state index in [1.54, 1.807) is 0 Å². The van der Waals surface area contributed by atoms with Crippen LogP contribution in [0, 0.1) is 11.6 Å². The van der Waals surface area contributed by atoms with E-state index in [9.17, 15) is 22.0 Å². The highest BCUT2D eigenvalue weighted by Crippen LogP contribution is 2.21. The van der Waals surface area contributed by atoms with Gasteiger partial charge in [-0.1, -0.05) is 6.08 Å². The van der Waals surface area contributed by atoms with Gasteiger partial charge in [0, 0.05) is 25.6 Å². The first kappa shape index (κ1) is 18.1. The van der Waals surface area contributed by atoms with E-state index >= 15 is 0 Å². The molecule has 1 aromatic carbocycles. The topological polar surface area (TPSA) is 66.5 Å². The van der Waals surface area contributed by atoms with Crippen LogP contribution in [0.4, 0.5) is 14.5 Å². The van der Waals surface area contributed by atoms with Gasteiger partial charge in [0.1, 0.15) is 0 Å². The van der Waals surface area contributed by atoms with Crippen LogP contribution < -0.4 is 9.62 Å². The predicted octanol–water partition coefficient (Wildman–Crippen LogP) is 1.81. The lowest BCUT2D eigenvalue weighted by atomic mass is 10.2. The van der Waals surface area contributed by atoms with Gasteiger partial charge in [-0.2, -0.15) is 0 Å². The summed E-state index contributed by atoms with van der Waals surface area (Å²) in [4.78, 5) is 11.4. The van der Waals surface area contributed by atoms with Gasteiger partial charge in [-0.25, -0.2) is 17.2 Å². The van der Waals surface area contributed by atoms with E-state index < -0.39 is 21.7 Å². The van der Waals surface area contributed by atoms with Crippen LogP contribution in [-0.2, 0) is 14.8 Å². The number of hydrogen-bond acceptors (Lipinski definition) is 3. The fourth-order valence-corrected chi connectivity index (χ4v) is 2.74. The molecule has 0 radical (unpaired) electrons. The number of nitrogens with one attached hydrogen (secondary N) is 1. The molecule has 8 heteroatoms. The summed E-state index contributed by atoms with van der Waals surface area (Å²) in [5, 5.41) is 2.57. The molecule has 1 rings (SSSR count). The molecular weight excluding hydrogens is 314 g/mol. The van der Waals surface area contributed by atoms with Crippen LogP contribution in [0.1, 0.15) is 12.8 Å². The second kappa shape index (κ2) is 7.88. The van der Waals surface area contributed by atoms with Crippen molar-refractivity contribution in [1.82, 2.24) is 5.32 Å². The van der Waals surface area contributed by atoms with Crippen molar-refractivity contribution in [2.45, 2.75) is 12.8 Å². The largest absolute Gasteiger partial charge is 0.353 e. The smallest absolute Gasteiger partial charge is 0.232 e. The molecule has 122 valence electrons. The minimum absolute atomic E-state index is 0.00852. The molecule has 0 saturated heterocycles. The Morgan fingerprint density at radius 1 is 1.36 bits per heavy atom. The summed E-state index contributed by atoms with van der Waals surface area (Å²) in [6, 6.07) is 2.85.